The zero-order chi connectivity index (χ0) is 22.3. The summed E-state index contributed by atoms with van der Waals surface area (Å²) in [6.45, 7) is 2.29. The minimum absolute atomic E-state index is 0.189. The highest BCUT2D eigenvalue weighted by Gasteiger charge is 2.21. The average Bonchev–Trinajstić information content (AvgIpc) is 3.23. The van der Waals surface area contributed by atoms with Crippen LogP contribution in [0.15, 0.2) is 60.7 Å². The Hall–Kier alpha value is -2.14. The van der Waals surface area contributed by atoms with Gasteiger partial charge in [0.25, 0.3) is 0 Å². The summed E-state index contributed by atoms with van der Waals surface area (Å²) in [5, 5.41) is 12.7. The highest BCUT2D eigenvalue weighted by molar-refractivity contribution is 5.50. The molecule has 1 fully saturated rings. The molecule has 174 valence electrons. The van der Waals surface area contributed by atoms with Gasteiger partial charge in [-0.15, -0.1) is 0 Å². The van der Waals surface area contributed by atoms with Gasteiger partial charge in [-0.05, 0) is 55.5 Å². The van der Waals surface area contributed by atoms with E-state index in [0.717, 1.165) is 44.0 Å². The fourth-order valence-electron chi connectivity index (χ4n) is 3.99. The van der Waals surface area contributed by atoms with E-state index in [0.29, 0.717) is 12.6 Å². The fraction of sp³-hybridized carbons (Fsp3) is 0.500. The van der Waals surface area contributed by atoms with Crippen LogP contribution in [0.2, 0.25) is 0 Å². The minimum Gasteiger partial charge on any atom is -0.457 e. The number of aliphatic hydroxyl groups is 1. The maximum atomic E-state index is 9.47. The fourth-order valence-corrected chi connectivity index (χ4v) is 3.99. The van der Waals surface area contributed by atoms with E-state index in [-0.39, 0.29) is 6.10 Å². The number of para-hydroxylation sites is 1. The van der Waals surface area contributed by atoms with Gasteiger partial charge in [-0.1, -0.05) is 74.6 Å². The van der Waals surface area contributed by atoms with E-state index in [1.165, 1.54) is 44.1 Å². The van der Waals surface area contributed by atoms with Crippen LogP contribution in [0.3, 0.4) is 0 Å². The molecule has 32 heavy (non-hydrogen) atoms. The van der Waals surface area contributed by atoms with E-state index >= 15 is 0 Å². The van der Waals surface area contributed by atoms with Crippen LogP contribution in [-0.4, -0.2) is 37.0 Å². The maximum absolute atomic E-state index is 9.47. The number of hydrogen-bond donors (Lipinski definition) is 2. The van der Waals surface area contributed by atoms with Crippen molar-refractivity contribution in [3.05, 3.63) is 66.2 Å². The second kappa shape index (κ2) is 14.8. The van der Waals surface area contributed by atoms with Crippen molar-refractivity contribution in [2.45, 2.75) is 69.9 Å². The molecule has 4 nitrogen and oxygen atoms in total. The normalized spacial score (nSPS) is 18.4. The minimum atomic E-state index is -0.189. The smallest absolute Gasteiger partial charge is 0.127 e. The van der Waals surface area contributed by atoms with Gasteiger partial charge in [0, 0.05) is 19.2 Å². The van der Waals surface area contributed by atoms with Crippen molar-refractivity contribution in [1.29, 1.82) is 0 Å². The van der Waals surface area contributed by atoms with E-state index in [1.54, 1.807) is 0 Å². The topological polar surface area (TPSA) is 50.7 Å². The van der Waals surface area contributed by atoms with Crippen molar-refractivity contribution in [3.63, 3.8) is 0 Å². The predicted molar refractivity (Wildman–Crippen MR) is 132 cm³/mol. The molecule has 2 atom stereocenters. The first kappa shape index (κ1) is 24.5. The number of β-amino-alcohol motifs (C(OH)–C–C–N with tert-alkyl or cyclic N) is 1. The number of allylic oxidation sites excluding steroid dienone is 1. The van der Waals surface area contributed by atoms with Crippen LogP contribution in [0, 0.1) is 0 Å². The maximum Gasteiger partial charge on any atom is 0.127 e. The first-order chi connectivity index (χ1) is 15.8. The molecular formula is C28H39NO3. The van der Waals surface area contributed by atoms with Crippen LogP contribution < -0.4 is 10.1 Å². The van der Waals surface area contributed by atoms with Crippen LogP contribution in [0.1, 0.15) is 63.4 Å². The Balaban J connectivity index is 1.13. The Bertz CT molecular complexity index is 760. The molecule has 0 bridgehead atoms. The third kappa shape index (κ3) is 9.99. The summed E-state index contributed by atoms with van der Waals surface area (Å²) in [5.41, 5.74) is 1.22. The van der Waals surface area contributed by atoms with Crippen LogP contribution in [0.5, 0.6) is 11.5 Å². The van der Waals surface area contributed by atoms with Crippen molar-refractivity contribution in [2.24, 2.45) is 0 Å². The second-order valence-electron chi connectivity index (χ2n) is 8.72. The Morgan fingerprint density at radius 1 is 0.844 bits per heavy atom. The molecule has 0 radical (unpaired) electrons. The number of benzene rings is 2. The first-order valence-corrected chi connectivity index (χ1v) is 12.3. The summed E-state index contributed by atoms with van der Waals surface area (Å²) >= 11 is 0. The van der Waals surface area contributed by atoms with Crippen LogP contribution in [-0.2, 0) is 4.74 Å². The Labute approximate surface area is 193 Å². The molecule has 2 N–H and O–H groups in total. The van der Waals surface area contributed by atoms with Gasteiger partial charge in [-0.3, -0.25) is 0 Å². The first-order valence-electron chi connectivity index (χ1n) is 12.3. The number of nitrogens with one attached hydrogen (secondary N) is 1. The van der Waals surface area contributed by atoms with Crippen molar-refractivity contribution in [1.82, 2.24) is 5.32 Å². The molecular weight excluding hydrogens is 398 g/mol. The Kier molecular flexibility index (Phi) is 11.4. The molecule has 0 aliphatic carbocycles. The van der Waals surface area contributed by atoms with Crippen molar-refractivity contribution in [3.8, 4) is 11.5 Å². The summed E-state index contributed by atoms with van der Waals surface area (Å²) in [4.78, 5) is 0. The van der Waals surface area contributed by atoms with Gasteiger partial charge < -0.3 is 19.9 Å². The molecule has 0 spiro atoms. The molecule has 1 heterocycles. The summed E-state index contributed by atoms with van der Waals surface area (Å²) in [7, 11) is 0. The number of rotatable bonds is 15. The highest BCUT2D eigenvalue weighted by atomic mass is 16.5. The van der Waals surface area contributed by atoms with Crippen molar-refractivity contribution >= 4 is 6.08 Å². The van der Waals surface area contributed by atoms with Crippen molar-refractivity contribution < 1.29 is 14.6 Å². The quantitative estimate of drug-likeness (QED) is 0.319. The van der Waals surface area contributed by atoms with Gasteiger partial charge in [-0.25, -0.2) is 0 Å². The van der Waals surface area contributed by atoms with Gasteiger partial charge in [0.05, 0.1) is 12.7 Å². The third-order valence-electron chi connectivity index (χ3n) is 5.85. The van der Waals surface area contributed by atoms with Gasteiger partial charge >= 0.3 is 0 Å². The van der Waals surface area contributed by atoms with Crippen molar-refractivity contribution in [2.75, 3.05) is 19.8 Å². The van der Waals surface area contributed by atoms with Crippen LogP contribution in [0.25, 0.3) is 6.08 Å². The van der Waals surface area contributed by atoms with E-state index in [4.69, 9.17) is 9.47 Å². The van der Waals surface area contributed by atoms with E-state index in [1.807, 2.05) is 42.5 Å². The zero-order valence-corrected chi connectivity index (χ0v) is 19.3. The second-order valence-corrected chi connectivity index (χ2v) is 8.72. The molecule has 1 aliphatic heterocycles. The standard InChI is InChI=1S/C28H39NO3/c30-26-21-25(29-22-26)23-31-20-12-7-5-3-1-2-4-6-9-13-24-16-18-28(19-17-24)32-27-14-10-8-11-15-27/h8-11,13-19,25-26,29-30H,1-7,12,20-23H2/b13-9+/t25-,26+/m0/s1. The average molecular weight is 438 g/mol. The summed E-state index contributed by atoms with van der Waals surface area (Å²) in [5.74, 6) is 1.73. The number of unbranched alkanes of at least 4 members (excludes halogenated alkanes) is 7. The monoisotopic (exact) mass is 437 g/mol. The highest BCUT2D eigenvalue weighted by Crippen LogP contribution is 2.21. The third-order valence-corrected chi connectivity index (χ3v) is 5.85. The van der Waals surface area contributed by atoms with Crippen LogP contribution >= 0.6 is 0 Å². The molecule has 2 aromatic rings. The summed E-state index contributed by atoms with van der Waals surface area (Å²) < 4.78 is 11.6. The van der Waals surface area contributed by atoms with Gasteiger partial charge in [0.2, 0.25) is 0 Å². The molecule has 2 aromatic carbocycles. The molecule has 4 heteroatoms. The van der Waals surface area contributed by atoms with Gasteiger partial charge in [0.15, 0.2) is 0 Å². The number of ether oxygens (including phenoxy) is 2. The molecule has 0 unspecified atom stereocenters. The Morgan fingerprint density at radius 3 is 2.25 bits per heavy atom. The number of aliphatic hydroxyl groups excluding tert-OH is 1. The lowest BCUT2D eigenvalue weighted by atomic mass is 10.1. The lowest BCUT2D eigenvalue weighted by Crippen LogP contribution is -2.26. The molecule has 0 aromatic heterocycles. The number of hydrogen-bond acceptors (Lipinski definition) is 4. The molecule has 1 saturated heterocycles. The van der Waals surface area contributed by atoms with E-state index in [9.17, 15) is 5.11 Å². The summed E-state index contributed by atoms with van der Waals surface area (Å²) in [6, 6.07) is 18.5. The molecule has 0 amide bonds. The lowest BCUT2D eigenvalue weighted by molar-refractivity contribution is 0.107. The Morgan fingerprint density at radius 2 is 1.53 bits per heavy atom. The predicted octanol–water partition coefficient (Wildman–Crippen LogP) is 6.35. The van der Waals surface area contributed by atoms with Gasteiger partial charge in [-0.2, -0.15) is 0 Å². The van der Waals surface area contributed by atoms with E-state index in [2.05, 4.69) is 29.6 Å². The SMILES string of the molecule is O[C@H]1CN[C@H](COCCCCCCCCC/C=C/c2ccc(Oc3ccccc3)cc2)C1. The van der Waals surface area contributed by atoms with Crippen LogP contribution in [0.4, 0.5) is 0 Å². The van der Waals surface area contributed by atoms with E-state index < -0.39 is 0 Å². The molecule has 1 aliphatic rings. The molecule has 3 rings (SSSR count). The zero-order valence-electron chi connectivity index (χ0n) is 19.3. The molecule has 0 saturated carbocycles. The lowest BCUT2D eigenvalue weighted by Gasteiger charge is -2.10. The summed E-state index contributed by atoms with van der Waals surface area (Å²) in [6.07, 6.45) is 15.2. The van der Waals surface area contributed by atoms with Gasteiger partial charge in [0.1, 0.15) is 11.5 Å². The largest absolute Gasteiger partial charge is 0.457 e.